The van der Waals surface area contributed by atoms with Crippen LogP contribution in [0.1, 0.15) is 28.6 Å². The molecule has 0 spiro atoms. The van der Waals surface area contributed by atoms with Gasteiger partial charge in [0, 0.05) is 19.4 Å². The lowest BCUT2D eigenvalue weighted by molar-refractivity contribution is 0.627. The van der Waals surface area contributed by atoms with Gasteiger partial charge in [-0.15, -0.1) is 20.4 Å². The van der Waals surface area contributed by atoms with Crippen molar-refractivity contribution in [2.75, 3.05) is 5.32 Å². The summed E-state index contributed by atoms with van der Waals surface area (Å²) in [5.41, 5.74) is 1.02. The number of fused-ring (bicyclic) bond motifs is 1. The van der Waals surface area contributed by atoms with Crippen molar-refractivity contribution in [1.29, 1.82) is 0 Å². The van der Waals surface area contributed by atoms with E-state index in [0.717, 1.165) is 46.7 Å². The van der Waals surface area contributed by atoms with Crippen LogP contribution < -0.4 is 5.32 Å². The Morgan fingerprint density at radius 1 is 1.13 bits per heavy atom. The molecule has 118 valence electrons. The van der Waals surface area contributed by atoms with Crippen LogP contribution in [-0.2, 0) is 25.9 Å². The number of halogens is 1. The van der Waals surface area contributed by atoms with Gasteiger partial charge in [0.15, 0.2) is 5.82 Å². The maximum atomic E-state index is 12.9. The molecule has 0 bridgehead atoms. The number of benzene rings is 1. The summed E-state index contributed by atoms with van der Waals surface area (Å²) in [4.78, 5) is 0. The standard InChI is InChI=1S/C15H15FN6S/c16-11-5-3-10(4-6-11)8-14-20-21-15(23-14)17-9-13-19-18-12-2-1-7-22(12)13/h3-6H,1-2,7-9H2,(H,17,21). The molecule has 1 aromatic carbocycles. The summed E-state index contributed by atoms with van der Waals surface area (Å²) in [7, 11) is 0. The van der Waals surface area contributed by atoms with Crippen molar-refractivity contribution in [3.63, 3.8) is 0 Å². The first-order valence-electron chi connectivity index (χ1n) is 7.49. The number of nitrogens with zero attached hydrogens (tertiary/aromatic N) is 5. The highest BCUT2D eigenvalue weighted by Gasteiger charge is 2.17. The lowest BCUT2D eigenvalue weighted by Crippen LogP contribution is -2.07. The Bertz CT molecular complexity index is 810. The lowest BCUT2D eigenvalue weighted by Gasteiger charge is -2.02. The van der Waals surface area contributed by atoms with Crippen LogP contribution in [0.5, 0.6) is 0 Å². The molecular formula is C15H15FN6S. The average molecular weight is 330 g/mol. The molecule has 1 aliphatic heterocycles. The second kappa shape index (κ2) is 6.04. The van der Waals surface area contributed by atoms with Gasteiger partial charge in [-0.05, 0) is 24.1 Å². The largest absolute Gasteiger partial charge is 0.353 e. The first-order valence-corrected chi connectivity index (χ1v) is 8.31. The van der Waals surface area contributed by atoms with E-state index in [1.807, 2.05) is 0 Å². The summed E-state index contributed by atoms with van der Waals surface area (Å²) in [6.07, 6.45) is 2.80. The summed E-state index contributed by atoms with van der Waals surface area (Å²) in [5.74, 6) is 1.78. The Morgan fingerprint density at radius 2 is 2.00 bits per heavy atom. The molecule has 3 aromatic rings. The summed E-state index contributed by atoms with van der Waals surface area (Å²) in [6, 6.07) is 6.45. The highest BCUT2D eigenvalue weighted by molar-refractivity contribution is 7.15. The van der Waals surface area contributed by atoms with Crippen molar-refractivity contribution in [2.45, 2.75) is 32.4 Å². The number of nitrogens with one attached hydrogen (secondary N) is 1. The third kappa shape index (κ3) is 3.07. The van der Waals surface area contributed by atoms with Crippen LogP contribution in [0.4, 0.5) is 9.52 Å². The van der Waals surface area contributed by atoms with E-state index in [4.69, 9.17) is 0 Å². The molecule has 1 aliphatic rings. The molecule has 0 fully saturated rings. The first kappa shape index (κ1) is 14.3. The third-order valence-corrected chi connectivity index (χ3v) is 4.70. The zero-order valence-corrected chi connectivity index (χ0v) is 13.2. The fourth-order valence-corrected chi connectivity index (χ4v) is 3.44. The third-order valence-electron chi connectivity index (χ3n) is 3.82. The highest BCUT2D eigenvalue weighted by Crippen LogP contribution is 2.20. The zero-order chi connectivity index (χ0) is 15.6. The smallest absolute Gasteiger partial charge is 0.206 e. The Kier molecular flexibility index (Phi) is 3.74. The normalized spacial score (nSPS) is 13.3. The lowest BCUT2D eigenvalue weighted by atomic mass is 10.2. The molecule has 0 radical (unpaired) electrons. The van der Waals surface area contributed by atoms with Crippen LogP contribution in [0.3, 0.4) is 0 Å². The van der Waals surface area contributed by atoms with Crippen molar-refractivity contribution < 1.29 is 4.39 Å². The van der Waals surface area contributed by atoms with Crippen LogP contribution in [0.25, 0.3) is 0 Å². The minimum Gasteiger partial charge on any atom is -0.353 e. The van der Waals surface area contributed by atoms with Crippen molar-refractivity contribution in [3.05, 3.63) is 52.3 Å². The molecule has 0 saturated heterocycles. The van der Waals surface area contributed by atoms with Crippen LogP contribution in [0.2, 0.25) is 0 Å². The predicted octanol–water partition coefficient (Wildman–Crippen LogP) is 2.42. The SMILES string of the molecule is Fc1ccc(Cc2nnc(NCc3nnc4n3CCC4)s2)cc1. The molecule has 23 heavy (non-hydrogen) atoms. The van der Waals surface area contributed by atoms with Gasteiger partial charge in [0.2, 0.25) is 5.13 Å². The van der Waals surface area contributed by atoms with Crippen molar-refractivity contribution >= 4 is 16.5 Å². The summed E-state index contributed by atoms with van der Waals surface area (Å²) in [5, 5.41) is 21.6. The van der Waals surface area contributed by atoms with E-state index in [-0.39, 0.29) is 5.82 Å². The van der Waals surface area contributed by atoms with E-state index < -0.39 is 0 Å². The van der Waals surface area contributed by atoms with E-state index in [9.17, 15) is 4.39 Å². The van der Waals surface area contributed by atoms with Gasteiger partial charge in [-0.2, -0.15) is 0 Å². The van der Waals surface area contributed by atoms with Crippen LogP contribution in [0.15, 0.2) is 24.3 Å². The van der Waals surface area contributed by atoms with Crippen molar-refractivity contribution in [2.24, 2.45) is 0 Å². The molecule has 0 saturated carbocycles. The van der Waals surface area contributed by atoms with E-state index in [1.165, 1.54) is 23.5 Å². The molecule has 0 atom stereocenters. The first-order chi connectivity index (χ1) is 11.3. The summed E-state index contributed by atoms with van der Waals surface area (Å²) < 4.78 is 15.1. The van der Waals surface area contributed by atoms with Crippen LogP contribution >= 0.6 is 11.3 Å². The fourth-order valence-electron chi connectivity index (χ4n) is 2.67. The van der Waals surface area contributed by atoms with Gasteiger partial charge in [-0.1, -0.05) is 23.5 Å². The minimum absolute atomic E-state index is 0.228. The zero-order valence-electron chi connectivity index (χ0n) is 12.4. The van der Waals surface area contributed by atoms with E-state index >= 15 is 0 Å². The highest BCUT2D eigenvalue weighted by atomic mass is 32.1. The molecule has 3 heterocycles. The van der Waals surface area contributed by atoms with E-state index in [0.29, 0.717) is 13.0 Å². The summed E-state index contributed by atoms with van der Waals surface area (Å²) >= 11 is 1.50. The molecule has 4 rings (SSSR count). The van der Waals surface area contributed by atoms with E-state index in [1.54, 1.807) is 12.1 Å². The minimum atomic E-state index is -0.228. The van der Waals surface area contributed by atoms with Gasteiger partial charge in [-0.25, -0.2) is 4.39 Å². The fraction of sp³-hybridized carbons (Fsp3) is 0.333. The van der Waals surface area contributed by atoms with Gasteiger partial charge in [0.05, 0.1) is 6.54 Å². The van der Waals surface area contributed by atoms with Gasteiger partial charge in [-0.3, -0.25) is 0 Å². The Balaban J connectivity index is 1.39. The van der Waals surface area contributed by atoms with Gasteiger partial charge in [0.25, 0.3) is 0 Å². The molecule has 1 N–H and O–H groups in total. The Hall–Kier alpha value is -2.35. The van der Waals surface area contributed by atoms with E-state index in [2.05, 4.69) is 30.3 Å². The van der Waals surface area contributed by atoms with Crippen LogP contribution in [-0.4, -0.2) is 25.0 Å². The molecule has 0 aliphatic carbocycles. The monoisotopic (exact) mass is 330 g/mol. The number of hydrogen-bond acceptors (Lipinski definition) is 6. The van der Waals surface area contributed by atoms with Gasteiger partial charge < -0.3 is 9.88 Å². The molecule has 8 heteroatoms. The van der Waals surface area contributed by atoms with Crippen molar-refractivity contribution in [3.8, 4) is 0 Å². The predicted molar refractivity (Wildman–Crippen MR) is 84.8 cm³/mol. The summed E-state index contributed by atoms with van der Waals surface area (Å²) in [6.45, 7) is 1.59. The number of aryl methyl sites for hydroxylation is 1. The number of anilines is 1. The molecule has 2 aromatic heterocycles. The van der Waals surface area contributed by atoms with Gasteiger partial charge in [0.1, 0.15) is 16.6 Å². The Morgan fingerprint density at radius 3 is 2.87 bits per heavy atom. The average Bonchev–Trinajstić information content (AvgIpc) is 3.25. The molecular weight excluding hydrogens is 315 g/mol. The topological polar surface area (TPSA) is 68.5 Å². The second-order valence-corrected chi connectivity index (χ2v) is 6.51. The number of rotatable bonds is 5. The van der Waals surface area contributed by atoms with Crippen molar-refractivity contribution in [1.82, 2.24) is 25.0 Å². The number of aromatic nitrogens is 5. The molecule has 0 amide bonds. The maximum Gasteiger partial charge on any atom is 0.206 e. The Labute approximate surface area is 136 Å². The number of hydrogen-bond donors (Lipinski definition) is 1. The molecule has 0 unspecified atom stereocenters. The quantitative estimate of drug-likeness (QED) is 0.778. The molecule has 6 nitrogen and oxygen atoms in total. The van der Waals surface area contributed by atoms with Crippen LogP contribution in [0, 0.1) is 5.82 Å². The second-order valence-electron chi connectivity index (χ2n) is 5.45. The maximum absolute atomic E-state index is 12.9. The van der Waals surface area contributed by atoms with Gasteiger partial charge >= 0.3 is 0 Å².